The molecule has 2 heterocycles. The van der Waals surface area contributed by atoms with Crippen LogP contribution in [0.15, 0.2) is 6.20 Å². The normalized spacial score (nSPS) is 17.8. The van der Waals surface area contributed by atoms with Gasteiger partial charge >= 0.3 is 0 Å². The Balaban J connectivity index is 1.88. The second-order valence-electron chi connectivity index (χ2n) is 4.90. The summed E-state index contributed by atoms with van der Waals surface area (Å²) < 4.78 is 1.55. The average molecular weight is 252 g/mol. The highest BCUT2D eigenvalue weighted by molar-refractivity contribution is 5.75. The summed E-state index contributed by atoms with van der Waals surface area (Å²) in [7, 11) is 0. The molecule has 1 N–H and O–H groups in total. The second kappa shape index (κ2) is 5.95. The van der Waals surface area contributed by atoms with Crippen LogP contribution in [0.5, 0.6) is 0 Å². The summed E-state index contributed by atoms with van der Waals surface area (Å²) in [5.41, 5.74) is 0.719. The van der Waals surface area contributed by atoms with Gasteiger partial charge in [0.1, 0.15) is 6.54 Å². The molecule has 1 aromatic heterocycles. The topological polar surface area (TPSA) is 71.2 Å². The molecule has 0 aliphatic carbocycles. The first-order chi connectivity index (χ1) is 8.65. The number of likely N-dealkylation sites (tertiary alicyclic amines) is 1. The van der Waals surface area contributed by atoms with E-state index >= 15 is 0 Å². The molecule has 100 valence electrons. The summed E-state index contributed by atoms with van der Waals surface area (Å²) in [5.74, 6) is 0.100. The van der Waals surface area contributed by atoms with E-state index in [4.69, 9.17) is 0 Å². The lowest BCUT2D eigenvalue weighted by atomic mass is 10.1. The van der Waals surface area contributed by atoms with Gasteiger partial charge in [-0.1, -0.05) is 5.21 Å². The minimum absolute atomic E-state index is 0.100. The lowest BCUT2D eigenvalue weighted by Gasteiger charge is -2.26. The van der Waals surface area contributed by atoms with E-state index in [1.54, 1.807) is 17.8 Å². The summed E-state index contributed by atoms with van der Waals surface area (Å²) in [6.07, 6.45) is 5.16. The van der Waals surface area contributed by atoms with Crippen molar-refractivity contribution in [3.8, 4) is 0 Å². The number of hydrogen-bond donors (Lipinski definition) is 1. The van der Waals surface area contributed by atoms with Crippen LogP contribution in [-0.2, 0) is 17.8 Å². The maximum Gasteiger partial charge on any atom is 0.244 e. The molecular weight excluding hydrogens is 232 g/mol. The van der Waals surface area contributed by atoms with Crippen molar-refractivity contribution in [1.82, 2.24) is 19.9 Å². The van der Waals surface area contributed by atoms with Crippen LogP contribution in [0, 0.1) is 0 Å². The van der Waals surface area contributed by atoms with E-state index < -0.39 is 6.10 Å². The fourth-order valence-electron chi connectivity index (χ4n) is 2.19. The van der Waals surface area contributed by atoms with Crippen LogP contribution >= 0.6 is 0 Å². The summed E-state index contributed by atoms with van der Waals surface area (Å²) in [6.45, 7) is 3.66. The molecule has 2 rings (SSSR count). The molecule has 0 radical (unpaired) electrons. The molecule has 1 fully saturated rings. The van der Waals surface area contributed by atoms with Crippen molar-refractivity contribution in [3.63, 3.8) is 0 Å². The summed E-state index contributed by atoms with van der Waals surface area (Å²) in [4.78, 5) is 13.9. The molecule has 1 atom stereocenters. The quantitative estimate of drug-likeness (QED) is 0.831. The predicted octanol–water partition coefficient (Wildman–Crippen LogP) is 0.214. The van der Waals surface area contributed by atoms with Crippen LogP contribution in [0.3, 0.4) is 0 Å². The second-order valence-corrected chi connectivity index (χ2v) is 4.90. The lowest BCUT2D eigenvalue weighted by molar-refractivity contribution is -0.132. The van der Waals surface area contributed by atoms with E-state index in [1.165, 1.54) is 6.42 Å². The van der Waals surface area contributed by atoms with E-state index in [1.807, 2.05) is 4.90 Å². The molecule has 1 aliphatic heterocycles. The Kier molecular flexibility index (Phi) is 4.30. The van der Waals surface area contributed by atoms with Gasteiger partial charge < -0.3 is 10.0 Å². The molecule has 6 nitrogen and oxygen atoms in total. The molecular formula is C12H20N4O2. The molecule has 6 heteroatoms. The highest BCUT2D eigenvalue weighted by Crippen LogP contribution is 2.09. The number of nitrogens with zero attached hydrogens (tertiary/aromatic N) is 4. The third kappa shape index (κ3) is 3.53. The number of hydrogen-bond acceptors (Lipinski definition) is 4. The molecule has 0 aromatic carbocycles. The summed E-state index contributed by atoms with van der Waals surface area (Å²) in [5, 5.41) is 17.1. The van der Waals surface area contributed by atoms with Gasteiger partial charge in [-0.2, -0.15) is 0 Å². The van der Waals surface area contributed by atoms with Crippen molar-refractivity contribution in [2.24, 2.45) is 0 Å². The van der Waals surface area contributed by atoms with Gasteiger partial charge in [-0.05, 0) is 26.2 Å². The lowest BCUT2D eigenvalue weighted by Crippen LogP contribution is -2.37. The SMILES string of the molecule is CC(O)Cc1cn(CC(=O)N2CCCCC2)nn1. The number of rotatable bonds is 4. The maximum atomic E-state index is 12.0. The van der Waals surface area contributed by atoms with E-state index in [0.717, 1.165) is 31.6 Å². The van der Waals surface area contributed by atoms with Crippen LogP contribution in [0.2, 0.25) is 0 Å². The van der Waals surface area contributed by atoms with Crippen LogP contribution in [0.4, 0.5) is 0 Å². The van der Waals surface area contributed by atoms with Crippen LogP contribution in [0.1, 0.15) is 31.9 Å². The Bertz CT molecular complexity index is 397. The van der Waals surface area contributed by atoms with Crippen molar-refractivity contribution in [3.05, 3.63) is 11.9 Å². The predicted molar refractivity (Wildman–Crippen MR) is 65.8 cm³/mol. The van der Waals surface area contributed by atoms with Crippen molar-refractivity contribution in [2.45, 2.75) is 45.3 Å². The maximum absolute atomic E-state index is 12.0. The Morgan fingerprint density at radius 3 is 2.83 bits per heavy atom. The van der Waals surface area contributed by atoms with Crippen molar-refractivity contribution >= 4 is 5.91 Å². The third-order valence-corrected chi connectivity index (χ3v) is 3.10. The minimum atomic E-state index is -0.437. The Morgan fingerprint density at radius 1 is 1.44 bits per heavy atom. The minimum Gasteiger partial charge on any atom is -0.393 e. The monoisotopic (exact) mass is 252 g/mol. The number of amides is 1. The van der Waals surface area contributed by atoms with Crippen molar-refractivity contribution in [2.75, 3.05) is 13.1 Å². The third-order valence-electron chi connectivity index (χ3n) is 3.10. The Labute approximate surface area is 107 Å². The van der Waals surface area contributed by atoms with E-state index in [2.05, 4.69) is 10.3 Å². The summed E-state index contributed by atoms with van der Waals surface area (Å²) in [6, 6.07) is 0. The fourth-order valence-corrected chi connectivity index (χ4v) is 2.19. The van der Waals surface area contributed by atoms with Gasteiger partial charge in [0.25, 0.3) is 0 Å². The molecule has 1 aliphatic rings. The first-order valence-corrected chi connectivity index (χ1v) is 6.50. The first kappa shape index (κ1) is 13.0. The smallest absolute Gasteiger partial charge is 0.244 e. The number of carbonyl (C=O) groups is 1. The molecule has 1 saturated heterocycles. The van der Waals surface area contributed by atoms with Crippen molar-refractivity contribution < 1.29 is 9.90 Å². The zero-order valence-electron chi connectivity index (χ0n) is 10.7. The Morgan fingerprint density at radius 2 is 2.17 bits per heavy atom. The fraction of sp³-hybridized carbons (Fsp3) is 0.750. The largest absolute Gasteiger partial charge is 0.393 e. The van der Waals surface area contributed by atoms with Crippen molar-refractivity contribution in [1.29, 1.82) is 0 Å². The highest BCUT2D eigenvalue weighted by Gasteiger charge is 2.17. The van der Waals surface area contributed by atoms with Crippen LogP contribution in [-0.4, -0.2) is 50.1 Å². The number of carbonyl (C=O) groups excluding carboxylic acids is 1. The van der Waals surface area contributed by atoms with Crippen LogP contribution < -0.4 is 0 Å². The van der Waals surface area contributed by atoms with Gasteiger partial charge in [-0.25, -0.2) is 4.68 Å². The van der Waals surface area contributed by atoms with E-state index in [9.17, 15) is 9.90 Å². The summed E-state index contributed by atoms with van der Waals surface area (Å²) >= 11 is 0. The molecule has 1 aromatic rings. The zero-order chi connectivity index (χ0) is 13.0. The number of aliphatic hydroxyl groups excluding tert-OH is 1. The van der Waals surface area contributed by atoms with Crippen LogP contribution in [0.25, 0.3) is 0 Å². The van der Waals surface area contributed by atoms with E-state index in [-0.39, 0.29) is 12.5 Å². The molecule has 0 bridgehead atoms. The first-order valence-electron chi connectivity index (χ1n) is 6.50. The Hall–Kier alpha value is -1.43. The standard InChI is InChI=1S/C12H20N4O2/c1-10(17)7-11-8-16(14-13-11)9-12(18)15-5-3-2-4-6-15/h8,10,17H,2-7,9H2,1H3. The average Bonchev–Trinajstić information content (AvgIpc) is 2.76. The van der Waals surface area contributed by atoms with Gasteiger partial charge in [0.2, 0.25) is 5.91 Å². The van der Waals surface area contributed by atoms with Gasteiger partial charge in [-0.3, -0.25) is 4.79 Å². The van der Waals surface area contributed by atoms with E-state index in [0.29, 0.717) is 6.42 Å². The van der Waals surface area contributed by atoms with Gasteiger partial charge in [0, 0.05) is 25.7 Å². The molecule has 0 spiro atoms. The highest BCUT2D eigenvalue weighted by atomic mass is 16.3. The number of piperidine rings is 1. The molecule has 18 heavy (non-hydrogen) atoms. The zero-order valence-corrected chi connectivity index (χ0v) is 10.7. The number of aliphatic hydroxyl groups is 1. The van der Waals surface area contributed by atoms with Gasteiger partial charge in [0.05, 0.1) is 11.8 Å². The van der Waals surface area contributed by atoms with Gasteiger partial charge in [0.15, 0.2) is 0 Å². The molecule has 1 amide bonds. The van der Waals surface area contributed by atoms with Gasteiger partial charge in [-0.15, -0.1) is 5.10 Å². The number of aromatic nitrogens is 3. The molecule has 1 unspecified atom stereocenters. The molecule has 0 saturated carbocycles.